The molecule has 0 radical (unpaired) electrons. The van der Waals surface area contributed by atoms with E-state index in [1.54, 1.807) is 0 Å². The topological polar surface area (TPSA) is 108 Å². The Kier molecular flexibility index (Phi) is 6.34. The molecular weight excluding hydrogens is 439 g/mol. The molecule has 3 rings (SSSR count). The number of nitrogens with zero attached hydrogens (tertiary/aromatic N) is 2. The molecule has 1 aromatic carbocycles. The number of halogens is 3. The van der Waals surface area contributed by atoms with Gasteiger partial charge in [-0.3, -0.25) is 4.79 Å². The van der Waals surface area contributed by atoms with E-state index in [0.29, 0.717) is 0 Å². The van der Waals surface area contributed by atoms with Crippen molar-refractivity contribution in [1.82, 2.24) is 9.55 Å². The van der Waals surface area contributed by atoms with Gasteiger partial charge in [0.1, 0.15) is 12.1 Å². The first-order valence-electron chi connectivity index (χ1n) is 9.65. The van der Waals surface area contributed by atoms with E-state index in [1.165, 1.54) is 38.4 Å². The molecule has 0 saturated carbocycles. The van der Waals surface area contributed by atoms with Gasteiger partial charge in [-0.1, -0.05) is 36.3 Å². The summed E-state index contributed by atoms with van der Waals surface area (Å²) in [4.78, 5) is 27.9. The number of aliphatic hydroxyl groups is 1. The number of H-pyrrole nitrogens is 1. The number of ether oxygens (including phenoxy) is 1. The van der Waals surface area contributed by atoms with Crippen LogP contribution < -0.4 is 5.56 Å². The molecule has 0 aliphatic heterocycles. The lowest BCUT2D eigenvalue weighted by molar-refractivity contribution is -0.240. The Balaban J connectivity index is 2.25. The molecule has 1 atom stereocenters. The third-order valence-corrected chi connectivity index (χ3v) is 4.94. The van der Waals surface area contributed by atoms with Gasteiger partial charge in [0.25, 0.3) is 5.56 Å². The molecule has 0 bridgehead atoms. The first-order chi connectivity index (χ1) is 15.5. The van der Waals surface area contributed by atoms with Crippen LogP contribution in [0.3, 0.4) is 0 Å². The van der Waals surface area contributed by atoms with E-state index in [9.17, 15) is 27.9 Å². The zero-order valence-electron chi connectivity index (χ0n) is 17.6. The van der Waals surface area contributed by atoms with Gasteiger partial charge in [-0.25, -0.2) is 4.79 Å². The van der Waals surface area contributed by atoms with E-state index < -0.39 is 28.9 Å². The monoisotopic (exact) mass is 457 g/mol. The molecule has 0 spiro atoms. The highest BCUT2D eigenvalue weighted by Gasteiger charge is 2.54. The second-order valence-corrected chi connectivity index (χ2v) is 7.20. The van der Waals surface area contributed by atoms with Crippen LogP contribution in [0.2, 0.25) is 0 Å². The van der Waals surface area contributed by atoms with Gasteiger partial charge in [-0.2, -0.15) is 18.4 Å². The highest BCUT2D eigenvalue weighted by molar-refractivity contribution is 6.07. The van der Waals surface area contributed by atoms with E-state index in [2.05, 4.69) is 10.9 Å². The normalized spacial score (nSPS) is 13.0. The largest absolute Gasteiger partial charge is 0.461 e. The number of aromatic amines is 1. The average molecular weight is 457 g/mol. The van der Waals surface area contributed by atoms with Gasteiger partial charge in [-0.05, 0) is 12.8 Å². The standard InChI is InChI=1S/C23H18F3N3O4/c1-14-17(21(31)33-12-6-11-27)18-15(13-29(2)20(30)19(18)28-14)9-10-22(32,23(24,25)26)16-7-4-3-5-8-16/h3-5,7-8,13,28,32H,6,12H2,1-2H3. The van der Waals surface area contributed by atoms with Crippen LogP contribution >= 0.6 is 0 Å². The summed E-state index contributed by atoms with van der Waals surface area (Å²) in [7, 11) is 1.38. The number of aryl methyl sites for hydroxylation is 2. The highest BCUT2D eigenvalue weighted by Crippen LogP contribution is 2.38. The lowest BCUT2D eigenvalue weighted by atomic mass is 9.93. The Hall–Kier alpha value is -4.02. The van der Waals surface area contributed by atoms with Crippen LogP contribution in [0.5, 0.6) is 0 Å². The van der Waals surface area contributed by atoms with E-state index >= 15 is 0 Å². The number of hydrogen-bond acceptors (Lipinski definition) is 5. The maximum absolute atomic E-state index is 13.8. The third-order valence-electron chi connectivity index (χ3n) is 4.94. The third kappa shape index (κ3) is 4.34. The second kappa shape index (κ2) is 8.85. The zero-order chi connectivity index (χ0) is 24.4. The predicted octanol–water partition coefficient (Wildman–Crippen LogP) is 3.05. The van der Waals surface area contributed by atoms with Crippen LogP contribution in [-0.4, -0.2) is 33.4 Å². The summed E-state index contributed by atoms with van der Waals surface area (Å²) in [5.41, 5.74) is -4.50. The summed E-state index contributed by atoms with van der Waals surface area (Å²) >= 11 is 0. The number of rotatable bonds is 4. The number of fused-ring (bicyclic) bond motifs is 1. The van der Waals surface area contributed by atoms with Crippen LogP contribution in [0.1, 0.15) is 33.6 Å². The maximum Gasteiger partial charge on any atom is 0.433 e. The van der Waals surface area contributed by atoms with Crippen molar-refractivity contribution >= 4 is 16.9 Å². The Morgan fingerprint density at radius 1 is 1.27 bits per heavy atom. The molecule has 0 aliphatic carbocycles. The number of carbonyl (C=O) groups is 1. The summed E-state index contributed by atoms with van der Waals surface area (Å²) in [6, 6.07) is 8.18. The van der Waals surface area contributed by atoms with Crippen molar-refractivity contribution in [2.24, 2.45) is 7.05 Å². The zero-order valence-corrected chi connectivity index (χ0v) is 17.6. The highest BCUT2D eigenvalue weighted by atomic mass is 19.4. The first-order valence-corrected chi connectivity index (χ1v) is 9.65. The number of aromatic nitrogens is 2. The van der Waals surface area contributed by atoms with Crippen molar-refractivity contribution in [3.8, 4) is 17.9 Å². The minimum atomic E-state index is -5.13. The van der Waals surface area contributed by atoms with Gasteiger partial charge >= 0.3 is 12.1 Å². The van der Waals surface area contributed by atoms with Gasteiger partial charge < -0.3 is 19.4 Å². The Bertz CT molecular complexity index is 1370. The van der Waals surface area contributed by atoms with E-state index in [1.807, 2.05) is 12.0 Å². The quantitative estimate of drug-likeness (QED) is 0.356. The molecule has 0 fully saturated rings. The number of pyridine rings is 1. The number of alkyl halides is 3. The fraction of sp³-hybridized carbons (Fsp3) is 0.261. The fourth-order valence-corrected chi connectivity index (χ4v) is 3.30. The van der Waals surface area contributed by atoms with Gasteiger partial charge in [-0.15, -0.1) is 0 Å². The van der Waals surface area contributed by atoms with Crippen LogP contribution in [0, 0.1) is 30.1 Å². The maximum atomic E-state index is 13.8. The molecule has 3 aromatic rings. The molecule has 2 heterocycles. The van der Waals surface area contributed by atoms with Crippen molar-refractivity contribution < 1.29 is 27.8 Å². The second-order valence-electron chi connectivity index (χ2n) is 7.20. The van der Waals surface area contributed by atoms with Crippen LogP contribution in [0.15, 0.2) is 41.3 Å². The first kappa shape index (κ1) is 23.6. The smallest absolute Gasteiger partial charge is 0.433 e. The molecule has 2 aromatic heterocycles. The molecule has 1 unspecified atom stereocenters. The van der Waals surface area contributed by atoms with Crippen LogP contribution in [0.25, 0.3) is 10.9 Å². The summed E-state index contributed by atoms with van der Waals surface area (Å²) in [5.74, 6) is 3.35. The molecule has 33 heavy (non-hydrogen) atoms. The molecule has 10 heteroatoms. The summed E-state index contributed by atoms with van der Waals surface area (Å²) < 4.78 is 47.6. The summed E-state index contributed by atoms with van der Waals surface area (Å²) in [6.45, 7) is 1.29. The molecule has 7 nitrogen and oxygen atoms in total. The minimum Gasteiger partial charge on any atom is -0.461 e. The molecule has 0 amide bonds. The molecule has 2 N–H and O–H groups in total. The van der Waals surface area contributed by atoms with Crippen LogP contribution in [0.4, 0.5) is 13.2 Å². The number of hydrogen-bond donors (Lipinski definition) is 2. The lowest BCUT2D eigenvalue weighted by Gasteiger charge is -2.25. The summed E-state index contributed by atoms with van der Waals surface area (Å²) in [5, 5.41) is 19.1. The molecule has 170 valence electrons. The van der Waals surface area contributed by atoms with Gasteiger partial charge in [0, 0.05) is 29.9 Å². The van der Waals surface area contributed by atoms with Crippen molar-refractivity contribution in [2.45, 2.75) is 25.1 Å². The fourth-order valence-electron chi connectivity index (χ4n) is 3.30. The van der Waals surface area contributed by atoms with Gasteiger partial charge in [0.15, 0.2) is 0 Å². The predicted molar refractivity (Wildman–Crippen MR) is 112 cm³/mol. The van der Waals surface area contributed by atoms with Crippen molar-refractivity contribution in [3.05, 3.63) is 69.3 Å². The Morgan fingerprint density at radius 3 is 2.55 bits per heavy atom. The number of benzene rings is 1. The minimum absolute atomic E-state index is 0.0253. The van der Waals surface area contributed by atoms with E-state index in [4.69, 9.17) is 10.00 Å². The average Bonchev–Trinajstić information content (AvgIpc) is 3.12. The number of carbonyl (C=O) groups excluding carboxylic acids is 1. The van der Waals surface area contributed by atoms with Crippen molar-refractivity contribution in [3.63, 3.8) is 0 Å². The van der Waals surface area contributed by atoms with Crippen molar-refractivity contribution in [1.29, 1.82) is 5.26 Å². The Morgan fingerprint density at radius 2 is 1.94 bits per heavy atom. The van der Waals surface area contributed by atoms with Gasteiger partial charge in [0.05, 0.1) is 23.6 Å². The van der Waals surface area contributed by atoms with E-state index in [0.717, 1.165) is 16.7 Å². The molecule has 0 saturated heterocycles. The SMILES string of the molecule is Cc1[nH]c2c(=O)n(C)cc(C#CC(O)(c3ccccc3)C(F)(F)F)c2c1C(=O)OCCC#N. The molecule has 0 aliphatic rings. The van der Waals surface area contributed by atoms with Crippen LogP contribution in [-0.2, 0) is 17.4 Å². The number of nitriles is 1. The number of nitrogens with one attached hydrogen (secondary N) is 1. The lowest BCUT2D eigenvalue weighted by Crippen LogP contribution is -2.41. The summed E-state index contributed by atoms with van der Waals surface area (Å²) in [6.07, 6.45) is -4.01. The Labute approximate surface area is 186 Å². The van der Waals surface area contributed by atoms with E-state index in [-0.39, 0.29) is 40.8 Å². The van der Waals surface area contributed by atoms with Crippen molar-refractivity contribution in [2.75, 3.05) is 6.61 Å². The van der Waals surface area contributed by atoms with Gasteiger partial charge in [0.2, 0.25) is 5.60 Å². The molecular formula is C23H18F3N3O4. The number of esters is 1.